The lowest BCUT2D eigenvalue weighted by atomic mass is 10.1. The number of fused-ring (bicyclic) bond motifs is 9. The molecule has 5 heteroatoms. The minimum Gasteiger partial charge on any atom is -0.454 e. The van der Waals surface area contributed by atoms with E-state index >= 15 is 0 Å². The standard InChI is InChI=1S/C22H11N4O/c1-23-17-10-8-13-11-25-12-14-7-9-16-15-5-3-4-6-18(15)27-22(16)21(14)26(25)20(13)19(17)24-2/h3-11H,12H2/q+1. The van der Waals surface area contributed by atoms with E-state index in [1.54, 1.807) is 6.07 Å². The average molecular weight is 347 g/mol. The van der Waals surface area contributed by atoms with Crippen LogP contribution in [0.5, 0.6) is 0 Å². The van der Waals surface area contributed by atoms with Crippen molar-refractivity contribution in [3.8, 4) is 5.69 Å². The van der Waals surface area contributed by atoms with E-state index in [2.05, 4.69) is 32.6 Å². The van der Waals surface area contributed by atoms with Gasteiger partial charge in [-0.3, -0.25) is 4.85 Å². The number of para-hydroxylation sites is 1. The molecule has 1 aliphatic heterocycles. The molecule has 27 heavy (non-hydrogen) atoms. The van der Waals surface area contributed by atoms with Crippen LogP contribution in [-0.4, -0.2) is 4.68 Å². The molecule has 0 radical (unpaired) electrons. The Morgan fingerprint density at radius 1 is 0.963 bits per heavy atom. The van der Waals surface area contributed by atoms with Crippen molar-refractivity contribution in [3.05, 3.63) is 83.1 Å². The summed E-state index contributed by atoms with van der Waals surface area (Å²) in [6.45, 7) is 15.8. The van der Waals surface area contributed by atoms with E-state index in [0.29, 0.717) is 17.9 Å². The Morgan fingerprint density at radius 2 is 1.85 bits per heavy atom. The van der Waals surface area contributed by atoms with Gasteiger partial charge in [0.1, 0.15) is 11.1 Å². The van der Waals surface area contributed by atoms with E-state index in [0.717, 1.165) is 44.1 Å². The number of aromatic nitrogens is 2. The van der Waals surface area contributed by atoms with Gasteiger partial charge in [-0.15, -0.1) is 9.36 Å². The fourth-order valence-electron chi connectivity index (χ4n) is 4.16. The minimum absolute atomic E-state index is 0.379. The summed E-state index contributed by atoms with van der Waals surface area (Å²) >= 11 is 0. The first-order chi connectivity index (χ1) is 13.3. The summed E-state index contributed by atoms with van der Waals surface area (Å²) in [6, 6.07) is 15.9. The molecule has 5 aromatic rings. The molecule has 6 rings (SSSR count). The molecule has 0 unspecified atom stereocenters. The van der Waals surface area contributed by atoms with Gasteiger partial charge in [-0.25, -0.2) is 4.85 Å². The SMILES string of the molecule is [C-]#[N+]c1ccc2c[n+]3n(c2c1[N+]#[C-])-c1c(ccc2c1oc1ccccc12)C3. The van der Waals surface area contributed by atoms with Crippen LogP contribution in [0.4, 0.5) is 11.4 Å². The molecule has 0 saturated carbocycles. The fraction of sp³-hybridized carbons (Fsp3) is 0.0455. The molecule has 0 saturated heterocycles. The van der Waals surface area contributed by atoms with Crippen molar-refractivity contribution >= 4 is 44.2 Å². The molecule has 5 nitrogen and oxygen atoms in total. The lowest BCUT2D eigenvalue weighted by Crippen LogP contribution is -2.36. The Kier molecular flexibility index (Phi) is 2.48. The predicted molar refractivity (Wildman–Crippen MR) is 102 cm³/mol. The van der Waals surface area contributed by atoms with E-state index in [-0.39, 0.29) is 0 Å². The summed E-state index contributed by atoms with van der Waals surface area (Å²) in [7, 11) is 0. The normalized spacial score (nSPS) is 12.2. The monoisotopic (exact) mass is 347 g/mol. The van der Waals surface area contributed by atoms with Crippen LogP contribution in [0.1, 0.15) is 5.56 Å². The summed E-state index contributed by atoms with van der Waals surface area (Å²) in [5.41, 5.74) is 5.32. The molecule has 124 valence electrons. The maximum absolute atomic E-state index is 7.64. The zero-order chi connectivity index (χ0) is 18.1. The lowest BCUT2D eigenvalue weighted by molar-refractivity contribution is -0.749. The Balaban J connectivity index is 1.82. The zero-order valence-electron chi connectivity index (χ0n) is 14.1. The second kappa shape index (κ2) is 4.75. The topological polar surface area (TPSA) is 30.7 Å². The maximum Gasteiger partial charge on any atom is 0.224 e. The summed E-state index contributed by atoms with van der Waals surface area (Å²) in [5.74, 6) is 0. The third-order valence-electron chi connectivity index (χ3n) is 5.30. The third-order valence-corrected chi connectivity index (χ3v) is 5.30. The number of hydrogen-bond acceptors (Lipinski definition) is 1. The van der Waals surface area contributed by atoms with Crippen LogP contribution < -0.4 is 4.68 Å². The smallest absolute Gasteiger partial charge is 0.224 e. The quantitative estimate of drug-likeness (QED) is 0.272. The first-order valence-corrected chi connectivity index (χ1v) is 8.57. The van der Waals surface area contributed by atoms with Crippen molar-refractivity contribution in [2.24, 2.45) is 0 Å². The van der Waals surface area contributed by atoms with Crippen LogP contribution in [-0.2, 0) is 6.54 Å². The predicted octanol–water partition coefficient (Wildman–Crippen LogP) is 5.28. The van der Waals surface area contributed by atoms with Crippen LogP contribution in [0.2, 0.25) is 0 Å². The summed E-state index contributed by atoms with van der Waals surface area (Å²) < 4.78 is 10.4. The molecule has 3 heterocycles. The lowest BCUT2D eigenvalue weighted by Gasteiger charge is -2.02. The Morgan fingerprint density at radius 3 is 2.70 bits per heavy atom. The highest BCUT2D eigenvalue weighted by molar-refractivity contribution is 6.09. The second-order valence-electron chi connectivity index (χ2n) is 6.68. The number of hydrogen-bond donors (Lipinski definition) is 0. The van der Waals surface area contributed by atoms with Crippen molar-refractivity contribution in [1.82, 2.24) is 4.68 Å². The molecule has 3 aromatic carbocycles. The zero-order valence-corrected chi connectivity index (χ0v) is 14.1. The van der Waals surface area contributed by atoms with Crippen LogP contribution >= 0.6 is 0 Å². The highest BCUT2D eigenvalue weighted by atomic mass is 16.3. The first kappa shape index (κ1) is 14.1. The van der Waals surface area contributed by atoms with Gasteiger partial charge in [0.05, 0.1) is 24.1 Å². The van der Waals surface area contributed by atoms with Crippen molar-refractivity contribution in [2.75, 3.05) is 0 Å². The van der Waals surface area contributed by atoms with Crippen molar-refractivity contribution in [2.45, 2.75) is 6.54 Å². The molecule has 0 atom stereocenters. The molecule has 2 aromatic heterocycles. The molecule has 1 aliphatic rings. The van der Waals surface area contributed by atoms with E-state index < -0.39 is 0 Å². The van der Waals surface area contributed by atoms with Crippen LogP contribution in [0.3, 0.4) is 0 Å². The number of nitrogens with zero attached hydrogens (tertiary/aromatic N) is 4. The fourth-order valence-corrected chi connectivity index (χ4v) is 4.16. The summed E-state index contributed by atoms with van der Waals surface area (Å²) in [6.07, 6.45) is 2.03. The summed E-state index contributed by atoms with van der Waals surface area (Å²) in [5, 5.41) is 3.09. The molecular formula is C22H11N4O+. The van der Waals surface area contributed by atoms with Gasteiger partial charge in [0.25, 0.3) is 0 Å². The largest absolute Gasteiger partial charge is 0.454 e. The van der Waals surface area contributed by atoms with E-state index in [1.165, 1.54) is 0 Å². The van der Waals surface area contributed by atoms with Crippen molar-refractivity contribution < 1.29 is 9.10 Å². The minimum atomic E-state index is 0.379. The molecule has 0 amide bonds. The third kappa shape index (κ3) is 1.63. The van der Waals surface area contributed by atoms with Crippen molar-refractivity contribution in [3.63, 3.8) is 0 Å². The van der Waals surface area contributed by atoms with Gasteiger partial charge >= 0.3 is 0 Å². The highest BCUT2D eigenvalue weighted by Crippen LogP contribution is 2.41. The average Bonchev–Trinajstić information content (AvgIpc) is 3.35. The van der Waals surface area contributed by atoms with Gasteiger partial charge in [-0.1, -0.05) is 30.3 Å². The number of furan rings is 1. The number of benzene rings is 3. The van der Waals surface area contributed by atoms with Gasteiger partial charge in [0.2, 0.25) is 11.9 Å². The van der Waals surface area contributed by atoms with E-state index in [9.17, 15) is 0 Å². The van der Waals surface area contributed by atoms with Crippen LogP contribution in [0.15, 0.2) is 59.1 Å². The van der Waals surface area contributed by atoms with Gasteiger partial charge in [0.15, 0.2) is 23.5 Å². The van der Waals surface area contributed by atoms with E-state index in [4.69, 9.17) is 17.6 Å². The number of rotatable bonds is 0. The molecule has 0 aliphatic carbocycles. The van der Waals surface area contributed by atoms with Gasteiger partial charge in [0, 0.05) is 10.8 Å². The van der Waals surface area contributed by atoms with Crippen molar-refractivity contribution in [1.29, 1.82) is 0 Å². The van der Waals surface area contributed by atoms with E-state index in [1.807, 2.05) is 35.1 Å². The van der Waals surface area contributed by atoms with Crippen LogP contribution in [0.25, 0.3) is 48.2 Å². The Hall–Kier alpha value is -4.09. The second-order valence-corrected chi connectivity index (χ2v) is 6.68. The molecule has 0 N–H and O–H groups in total. The molecular weight excluding hydrogens is 336 g/mol. The summed E-state index contributed by atoms with van der Waals surface area (Å²) in [4.78, 5) is 7.23. The first-order valence-electron chi connectivity index (χ1n) is 8.57. The van der Waals surface area contributed by atoms with Gasteiger partial charge in [-0.05, 0) is 18.2 Å². The molecule has 0 spiro atoms. The Bertz CT molecular complexity index is 1520. The molecule has 0 bridgehead atoms. The highest BCUT2D eigenvalue weighted by Gasteiger charge is 2.33. The van der Waals surface area contributed by atoms with Crippen LogP contribution in [0, 0.1) is 13.1 Å². The van der Waals surface area contributed by atoms with Gasteiger partial charge in [-0.2, -0.15) is 0 Å². The molecule has 0 fully saturated rings. The Labute approximate surface area is 153 Å². The van der Waals surface area contributed by atoms with Gasteiger partial charge < -0.3 is 4.42 Å². The maximum atomic E-state index is 7.64.